The summed E-state index contributed by atoms with van der Waals surface area (Å²) in [7, 11) is 5.80. The van der Waals surface area contributed by atoms with Crippen LogP contribution in [-0.4, -0.2) is 52.9 Å². The number of amides is 1. The quantitative estimate of drug-likeness (QED) is 0.406. The van der Waals surface area contributed by atoms with Crippen LogP contribution >= 0.6 is 11.3 Å². The van der Waals surface area contributed by atoms with Crippen molar-refractivity contribution in [2.24, 2.45) is 5.92 Å². The van der Waals surface area contributed by atoms with Gasteiger partial charge >= 0.3 is 11.9 Å². The minimum atomic E-state index is -0.707. The molecule has 0 aliphatic heterocycles. The number of benzene rings is 1. The molecule has 0 radical (unpaired) electrons. The summed E-state index contributed by atoms with van der Waals surface area (Å²) in [5.74, 6) is 0.0776. The Balaban J connectivity index is 1.64. The zero-order valence-corrected chi connectivity index (χ0v) is 21.2. The number of carbonyl (C=O) groups is 3. The monoisotopic (exact) mass is 503 g/mol. The van der Waals surface area contributed by atoms with Crippen LogP contribution in [0.15, 0.2) is 18.2 Å². The van der Waals surface area contributed by atoms with Crippen molar-refractivity contribution in [3.05, 3.63) is 39.8 Å². The predicted molar refractivity (Wildman–Crippen MR) is 132 cm³/mol. The number of hydrogen-bond donors (Lipinski definition) is 1. The Hall–Kier alpha value is -3.53. The Morgan fingerprint density at radius 2 is 1.77 bits per heavy atom. The molecule has 1 aromatic heterocycles. The van der Waals surface area contributed by atoms with Crippen LogP contribution in [0.4, 0.5) is 5.00 Å². The molecular weight excluding hydrogens is 474 g/mol. The molecule has 1 atom stereocenters. The van der Waals surface area contributed by atoms with Gasteiger partial charge in [0.15, 0.2) is 18.1 Å². The van der Waals surface area contributed by atoms with Gasteiger partial charge in [0.25, 0.3) is 5.91 Å². The second kappa shape index (κ2) is 11.7. The lowest BCUT2D eigenvalue weighted by molar-refractivity contribution is -0.142. The van der Waals surface area contributed by atoms with Crippen molar-refractivity contribution in [1.29, 1.82) is 0 Å². The number of fused-ring (bicyclic) bond motifs is 1. The number of methoxy groups -OCH3 is 4. The summed E-state index contributed by atoms with van der Waals surface area (Å²) in [4.78, 5) is 38.1. The van der Waals surface area contributed by atoms with Crippen molar-refractivity contribution in [3.63, 3.8) is 0 Å². The van der Waals surface area contributed by atoms with Gasteiger partial charge < -0.3 is 29.0 Å². The van der Waals surface area contributed by atoms with E-state index in [4.69, 9.17) is 23.7 Å². The molecule has 1 unspecified atom stereocenters. The minimum Gasteiger partial charge on any atom is -0.493 e. The van der Waals surface area contributed by atoms with Crippen LogP contribution in [0.2, 0.25) is 0 Å². The van der Waals surface area contributed by atoms with Gasteiger partial charge in [0, 0.05) is 11.0 Å². The summed E-state index contributed by atoms with van der Waals surface area (Å²) in [6, 6.07) is 3.34. The molecule has 0 fully saturated rings. The highest BCUT2D eigenvalue weighted by Crippen LogP contribution is 2.40. The zero-order chi connectivity index (χ0) is 25.5. The highest BCUT2D eigenvalue weighted by atomic mass is 32.1. The highest BCUT2D eigenvalue weighted by Gasteiger charge is 2.29. The van der Waals surface area contributed by atoms with E-state index in [9.17, 15) is 14.4 Å². The minimum absolute atomic E-state index is 0.390. The van der Waals surface area contributed by atoms with Gasteiger partial charge in [-0.05, 0) is 54.5 Å². The third-order valence-corrected chi connectivity index (χ3v) is 6.77. The molecule has 0 spiro atoms. The van der Waals surface area contributed by atoms with Crippen LogP contribution in [0.25, 0.3) is 6.08 Å². The number of rotatable bonds is 9. The summed E-state index contributed by atoms with van der Waals surface area (Å²) < 4.78 is 25.9. The van der Waals surface area contributed by atoms with Crippen molar-refractivity contribution >= 4 is 40.3 Å². The number of carbonyl (C=O) groups excluding carboxylic acids is 3. The van der Waals surface area contributed by atoms with Crippen molar-refractivity contribution < 1.29 is 38.1 Å². The van der Waals surface area contributed by atoms with Gasteiger partial charge in [-0.15, -0.1) is 11.3 Å². The van der Waals surface area contributed by atoms with Crippen molar-refractivity contribution in [1.82, 2.24) is 0 Å². The molecule has 1 aromatic carbocycles. The molecule has 0 saturated carbocycles. The average Bonchev–Trinajstić information content (AvgIpc) is 3.21. The third-order valence-electron chi connectivity index (χ3n) is 5.60. The lowest BCUT2D eigenvalue weighted by Gasteiger charge is -2.18. The van der Waals surface area contributed by atoms with Gasteiger partial charge in [-0.3, -0.25) is 4.79 Å². The van der Waals surface area contributed by atoms with Crippen molar-refractivity contribution in [3.8, 4) is 17.2 Å². The lowest BCUT2D eigenvalue weighted by Crippen LogP contribution is -2.21. The molecule has 9 nitrogen and oxygen atoms in total. The van der Waals surface area contributed by atoms with Crippen LogP contribution in [0.3, 0.4) is 0 Å². The van der Waals surface area contributed by atoms with E-state index in [-0.39, 0.29) is 0 Å². The Morgan fingerprint density at radius 1 is 1.09 bits per heavy atom. The van der Waals surface area contributed by atoms with E-state index in [2.05, 4.69) is 12.2 Å². The second-order valence-electron chi connectivity index (χ2n) is 8.00. The summed E-state index contributed by atoms with van der Waals surface area (Å²) >= 11 is 1.37. The van der Waals surface area contributed by atoms with E-state index in [0.717, 1.165) is 29.7 Å². The molecule has 10 heteroatoms. The van der Waals surface area contributed by atoms with Gasteiger partial charge in [0.1, 0.15) is 5.00 Å². The third kappa shape index (κ3) is 6.13. The molecule has 1 amide bonds. The van der Waals surface area contributed by atoms with E-state index in [1.807, 2.05) is 0 Å². The normalized spacial score (nSPS) is 14.7. The van der Waals surface area contributed by atoms with Crippen LogP contribution < -0.4 is 19.5 Å². The maximum atomic E-state index is 12.5. The van der Waals surface area contributed by atoms with Gasteiger partial charge in [-0.2, -0.15) is 0 Å². The average molecular weight is 504 g/mol. The van der Waals surface area contributed by atoms with Crippen molar-refractivity contribution in [2.75, 3.05) is 40.4 Å². The van der Waals surface area contributed by atoms with Crippen LogP contribution in [0.1, 0.15) is 39.7 Å². The Morgan fingerprint density at radius 3 is 2.37 bits per heavy atom. The predicted octanol–water partition coefficient (Wildman–Crippen LogP) is 3.88. The molecule has 35 heavy (non-hydrogen) atoms. The fourth-order valence-electron chi connectivity index (χ4n) is 3.87. The molecule has 1 aliphatic carbocycles. The van der Waals surface area contributed by atoms with Crippen LogP contribution in [-0.2, 0) is 31.9 Å². The van der Waals surface area contributed by atoms with Gasteiger partial charge in [0.05, 0.1) is 34.0 Å². The molecule has 3 rings (SSSR count). The number of hydrogen-bond acceptors (Lipinski definition) is 9. The summed E-state index contributed by atoms with van der Waals surface area (Å²) in [6.07, 6.45) is 5.28. The first-order valence-electron chi connectivity index (χ1n) is 11.0. The fourth-order valence-corrected chi connectivity index (χ4v) is 5.28. The Bertz CT molecular complexity index is 1110. The molecule has 1 N–H and O–H groups in total. The van der Waals surface area contributed by atoms with Gasteiger partial charge in [-0.25, -0.2) is 9.59 Å². The number of ether oxygens (including phenoxy) is 5. The van der Waals surface area contributed by atoms with E-state index < -0.39 is 24.5 Å². The second-order valence-corrected chi connectivity index (χ2v) is 9.10. The SMILES string of the molecule is COC(=O)c1c(NC(=O)COC(=O)C=Cc2cc(OC)c(OC)c(OC)c2)sc2c1CCC(C)C2. The summed E-state index contributed by atoms with van der Waals surface area (Å²) in [6.45, 7) is 1.65. The van der Waals surface area contributed by atoms with E-state index >= 15 is 0 Å². The topological polar surface area (TPSA) is 109 Å². The first kappa shape index (κ1) is 26.1. The van der Waals surface area contributed by atoms with Crippen LogP contribution in [0.5, 0.6) is 17.2 Å². The van der Waals surface area contributed by atoms with E-state index in [0.29, 0.717) is 39.3 Å². The fraction of sp³-hybridized carbons (Fsp3) is 0.400. The molecule has 0 saturated heterocycles. The van der Waals surface area contributed by atoms with E-state index in [1.54, 1.807) is 12.1 Å². The van der Waals surface area contributed by atoms with Gasteiger partial charge in [-0.1, -0.05) is 6.92 Å². The maximum absolute atomic E-state index is 12.5. The highest BCUT2D eigenvalue weighted by molar-refractivity contribution is 7.17. The molecular formula is C25H29NO8S. The molecule has 0 bridgehead atoms. The summed E-state index contributed by atoms with van der Waals surface area (Å²) in [5.41, 5.74) is 1.93. The standard InChI is InChI=1S/C25H29NO8S/c1-14-6-8-16-19(10-14)35-24(22(16)25(29)33-5)26-20(27)13-34-21(28)9-7-15-11-17(30-2)23(32-4)18(12-15)31-3/h7,9,11-12,14H,6,8,10,13H2,1-5H3,(H,26,27). The number of anilines is 1. The molecule has 1 aliphatic rings. The zero-order valence-electron chi connectivity index (χ0n) is 20.4. The first-order chi connectivity index (χ1) is 16.8. The molecule has 1 heterocycles. The molecule has 2 aromatic rings. The Labute approximate surface area is 208 Å². The largest absolute Gasteiger partial charge is 0.493 e. The first-order valence-corrected chi connectivity index (χ1v) is 11.8. The number of esters is 2. The van der Waals surface area contributed by atoms with Crippen molar-refractivity contribution in [2.45, 2.75) is 26.2 Å². The smallest absolute Gasteiger partial charge is 0.341 e. The number of nitrogens with one attached hydrogen (secondary N) is 1. The molecule has 188 valence electrons. The lowest BCUT2D eigenvalue weighted by atomic mass is 9.88. The van der Waals surface area contributed by atoms with Gasteiger partial charge in [0.2, 0.25) is 5.75 Å². The maximum Gasteiger partial charge on any atom is 0.341 e. The summed E-state index contributed by atoms with van der Waals surface area (Å²) in [5, 5.41) is 3.12. The van der Waals surface area contributed by atoms with E-state index in [1.165, 1.54) is 51.9 Å². The Kier molecular flexibility index (Phi) is 8.75. The number of thiophene rings is 1. The van der Waals surface area contributed by atoms with Crippen LogP contribution in [0, 0.1) is 5.92 Å².